The second kappa shape index (κ2) is 7.59. The van der Waals surface area contributed by atoms with Crippen LogP contribution in [-0.4, -0.2) is 42.5 Å². The first-order valence-electron chi connectivity index (χ1n) is 8.47. The maximum Gasteiger partial charge on any atom is 0.223 e. The van der Waals surface area contributed by atoms with Gasteiger partial charge in [0.25, 0.3) is 0 Å². The third kappa shape index (κ3) is 4.10. The highest BCUT2D eigenvalue weighted by atomic mass is 16.5. The van der Waals surface area contributed by atoms with Crippen LogP contribution in [0.3, 0.4) is 0 Å². The Morgan fingerprint density at radius 3 is 2.87 bits per heavy atom. The van der Waals surface area contributed by atoms with Crippen LogP contribution in [0.4, 0.5) is 0 Å². The van der Waals surface area contributed by atoms with Crippen LogP contribution in [0.15, 0.2) is 30.3 Å². The zero-order valence-corrected chi connectivity index (χ0v) is 13.4. The van der Waals surface area contributed by atoms with Crippen LogP contribution in [0, 0.1) is 0 Å². The molecule has 124 valence electrons. The Morgan fingerprint density at radius 1 is 1.30 bits per heavy atom. The van der Waals surface area contributed by atoms with E-state index in [1.807, 2.05) is 35.2 Å². The lowest BCUT2D eigenvalue weighted by molar-refractivity contribution is -0.134. The van der Waals surface area contributed by atoms with E-state index in [1.165, 1.54) is 0 Å². The molecule has 23 heavy (non-hydrogen) atoms. The van der Waals surface area contributed by atoms with Gasteiger partial charge in [-0.3, -0.25) is 9.59 Å². The predicted octanol–water partition coefficient (Wildman–Crippen LogP) is 2.04. The van der Waals surface area contributed by atoms with Crippen molar-refractivity contribution in [3.63, 3.8) is 0 Å². The molecule has 2 saturated heterocycles. The summed E-state index contributed by atoms with van der Waals surface area (Å²) in [4.78, 5) is 26.5. The SMILES string of the molecule is O=C1CC(c2ccccc2)N(C(=O)CCC2CCCO2)CCN1. The fourth-order valence-corrected chi connectivity index (χ4v) is 3.40. The van der Waals surface area contributed by atoms with Gasteiger partial charge in [-0.1, -0.05) is 30.3 Å². The number of ether oxygens (including phenoxy) is 1. The van der Waals surface area contributed by atoms with Gasteiger partial charge < -0.3 is 15.0 Å². The van der Waals surface area contributed by atoms with E-state index in [4.69, 9.17) is 4.74 Å². The van der Waals surface area contributed by atoms with E-state index in [9.17, 15) is 9.59 Å². The molecule has 0 aromatic heterocycles. The zero-order valence-electron chi connectivity index (χ0n) is 13.4. The summed E-state index contributed by atoms with van der Waals surface area (Å²) in [6.07, 6.45) is 3.96. The smallest absolute Gasteiger partial charge is 0.223 e. The number of hydrogen-bond acceptors (Lipinski definition) is 3. The van der Waals surface area contributed by atoms with Crippen LogP contribution in [0.25, 0.3) is 0 Å². The molecular weight excluding hydrogens is 292 g/mol. The molecule has 2 unspecified atom stereocenters. The Kier molecular flexibility index (Phi) is 5.28. The Morgan fingerprint density at radius 2 is 2.13 bits per heavy atom. The largest absolute Gasteiger partial charge is 0.378 e. The minimum Gasteiger partial charge on any atom is -0.378 e. The van der Waals surface area contributed by atoms with Crippen LogP contribution in [0.2, 0.25) is 0 Å². The van der Waals surface area contributed by atoms with E-state index < -0.39 is 0 Å². The van der Waals surface area contributed by atoms with Crippen LogP contribution in [0.1, 0.15) is 43.7 Å². The average Bonchev–Trinajstić information content (AvgIpc) is 3.01. The number of nitrogens with zero attached hydrogens (tertiary/aromatic N) is 1. The predicted molar refractivity (Wildman–Crippen MR) is 86.7 cm³/mol. The number of amides is 2. The van der Waals surface area contributed by atoms with Gasteiger partial charge in [0.15, 0.2) is 0 Å². The van der Waals surface area contributed by atoms with Gasteiger partial charge in [0, 0.05) is 26.1 Å². The molecule has 1 aromatic rings. The molecule has 2 fully saturated rings. The summed E-state index contributed by atoms with van der Waals surface area (Å²) < 4.78 is 5.61. The van der Waals surface area contributed by atoms with Gasteiger partial charge in [-0.2, -0.15) is 0 Å². The molecule has 3 rings (SSSR count). The molecule has 2 aliphatic rings. The summed E-state index contributed by atoms with van der Waals surface area (Å²) >= 11 is 0. The van der Waals surface area contributed by atoms with Gasteiger partial charge in [0.1, 0.15) is 0 Å². The van der Waals surface area contributed by atoms with Gasteiger partial charge in [-0.15, -0.1) is 0 Å². The van der Waals surface area contributed by atoms with Crippen LogP contribution >= 0.6 is 0 Å². The molecule has 2 atom stereocenters. The lowest BCUT2D eigenvalue weighted by atomic mass is 10.0. The van der Waals surface area contributed by atoms with E-state index in [0.717, 1.165) is 31.4 Å². The van der Waals surface area contributed by atoms with Crippen molar-refractivity contribution in [1.29, 1.82) is 0 Å². The van der Waals surface area contributed by atoms with Gasteiger partial charge in [0.2, 0.25) is 11.8 Å². The summed E-state index contributed by atoms with van der Waals surface area (Å²) in [5, 5.41) is 2.87. The summed E-state index contributed by atoms with van der Waals surface area (Å²) in [5.74, 6) is 0.124. The molecule has 0 spiro atoms. The summed E-state index contributed by atoms with van der Waals surface area (Å²) in [5.41, 5.74) is 1.02. The van der Waals surface area contributed by atoms with Crippen molar-refractivity contribution in [3.05, 3.63) is 35.9 Å². The van der Waals surface area contributed by atoms with Crippen molar-refractivity contribution < 1.29 is 14.3 Å². The van der Waals surface area contributed by atoms with Crippen molar-refractivity contribution >= 4 is 11.8 Å². The minimum atomic E-state index is -0.171. The molecular formula is C18H24N2O3. The molecule has 0 radical (unpaired) electrons. The maximum absolute atomic E-state index is 12.7. The van der Waals surface area contributed by atoms with Crippen LogP contribution < -0.4 is 5.32 Å². The molecule has 0 bridgehead atoms. The van der Waals surface area contributed by atoms with Gasteiger partial charge in [0.05, 0.1) is 18.6 Å². The van der Waals surface area contributed by atoms with E-state index in [2.05, 4.69) is 5.32 Å². The van der Waals surface area contributed by atoms with E-state index in [-0.39, 0.29) is 24.0 Å². The highest BCUT2D eigenvalue weighted by molar-refractivity contribution is 5.81. The number of hydrogen-bond donors (Lipinski definition) is 1. The maximum atomic E-state index is 12.7. The summed E-state index contributed by atoms with van der Waals surface area (Å²) in [6.45, 7) is 1.90. The number of carbonyl (C=O) groups is 2. The fraction of sp³-hybridized carbons (Fsp3) is 0.556. The van der Waals surface area contributed by atoms with Crippen molar-refractivity contribution in [2.75, 3.05) is 19.7 Å². The van der Waals surface area contributed by atoms with E-state index >= 15 is 0 Å². The molecule has 0 saturated carbocycles. The normalized spacial score (nSPS) is 25.0. The first kappa shape index (κ1) is 16.0. The van der Waals surface area contributed by atoms with Crippen molar-refractivity contribution in [3.8, 4) is 0 Å². The van der Waals surface area contributed by atoms with Crippen LogP contribution in [-0.2, 0) is 14.3 Å². The Hall–Kier alpha value is -1.88. The Labute approximate surface area is 137 Å². The molecule has 2 amide bonds. The number of carbonyl (C=O) groups excluding carboxylic acids is 2. The standard InChI is InChI=1S/C18H24N2O3/c21-17-13-16(14-5-2-1-3-6-14)20(11-10-19-17)18(22)9-8-15-7-4-12-23-15/h1-3,5-6,15-16H,4,7-13H2,(H,19,21). The second-order valence-corrected chi connectivity index (χ2v) is 6.24. The quantitative estimate of drug-likeness (QED) is 0.925. The first-order valence-corrected chi connectivity index (χ1v) is 8.47. The van der Waals surface area contributed by atoms with Gasteiger partial charge >= 0.3 is 0 Å². The third-order valence-electron chi connectivity index (χ3n) is 4.64. The average molecular weight is 316 g/mol. The highest BCUT2D eigenvalue weighted by Crippen LogP contribution is 2.27. The Bertz CT molecular complexity index is 540. The Balaban J connectivity index is 1.70. The molecule has 1 aromatic carbocycles. The molecule has 1 N–H and O–H groups in total. The molecule has 5 nitrogen and oxygen atoms in total. The van der Waals surface area contributed by atoms with Gasteiger partial charge in [-0.05, 0) is 24.8 Å². The molecule has 2 aliphatic heterocycles. The third-order valence-corrected chi connectivity index (χ3v) is 4.64. The summed E-state index contributed by atoms with van der Waals surface area (Å²) in [7, 11) is 0. The molecule has 0 aliphatic carbocycles. The van der Waals surface area contributed by atoms with Crippen molar-refractivity contribution in [2.24, 2.45) is 0 Å². The van der Waals surface area contributed by atoms with E-state index in [0.29, 0.717) is 25.9 Å². The topological polar surface area (TPSA) is 58.6 Å². The zero-order chi connectivity index (χ0) is 16.1. The van der Waals surface area contributed by atoms with Crippen molar-refractivity contribution in [2.45, 2.75) is 44.2 Å². The number of rotatable bonds is 4. The number of nitrogens with one attached hydrogen (secondary N) is 1. The fourth-order valence-electron chi connectivity index (χ4n) is 3.40. The monoisotopic (exact) mass is 316 g/mol. The first-order chi connectivity index (χ1) is 11.2. The van der Waals surface area contributed by atoms with Crippen molar-refractivity contribution in [1.82, 2.24) is 10.2 Å². The van der Waals surface area contributed by atoms with Crippen LogP contribution in [0.5, 0.6) is 0 Å². The van der Waals surface area contributed by atoms with Gasteiger partial charge in [-0.25, -0.2) is 0 Å². The van der Waals surface area contributed by atoms with E-state index in [1.54, 1.807) is 0 Å². The lowest BCUT2D eigenvalue weighted by Crippen LogP contribution is -2.36. The minimum absolute atomic E-state index is 0.00767. The number of benzene rings is 1. The summed E-state index contributed by atoms with van der Waals surface area (Å²) in [6, 6.07) is 9.66. The lowest BCUT2D eigenvalue weighted by Gasteiger charge is -2.30. The highest BCUT2D eigenvalue weighted by Gasteiger charge is 2.30. The second-order valence-electron chi connectivity index (χ2n) is 6.24. The molecule has 5 heteroatoms. The molecule has 2 heterocycles.